The number of rotatable bonds is 4. The van der Waals surface area contributed by atoms with Crippen molar-refractivity contribution < 1.29 is 9.66 Å². The van der Waals surface area contributed by atoms with E-state index in [0.29, 0.717) is 15.7 Å². The molecule has 1 aromatic heterocycles. The van der Waals surface area contributed by atoms with Crippen LogP contribution in [-0.2, 0) is 6.54 Å². The highest BCUT2D eigenvalue weighted by molar-refractivity contribution is 9.10. The minimum absolute atomic E-state index is 0.0559. The number of methoxy groups -OCH3 is 1. The number of hydrogen-bond donors (Lipinski definition) is 0. The molecule has 21 heavy (non-hydrogen) atoms. The molecule has 7 nitrogen and oxygen atoms in total. The Morgan fingerprint density at radius 1 is 1.48 bits per heavy atom. The van der Waals surface area contributed by atoms with Gasteiger partial charge in [0.1, 0.15) is 4.47 Å². The van der Waals surface area contributed by atoms with Gasteiger partial charge in [-0.1, -0.05) is 12.1 Å². The minimum Gasteiger partial charge on any atom is -0.468 e. The number of aryl methyl sites for hydroxylation is 1. The molecule has 0 amide bonds. The number of halogens is 1. The van der Waals surface area contributed by atoms with Crippen LogP contribution in [0.5, 0.6) is 6.01 Å². The van der Waals surface area contributed by atoms with E-state index in [4.69, 9.17) is 4.74 Å². The lowest BCUT2D eigenvalue weighted by Gasteiger charge is -2.12. The lowest BCUT2D eigenvalue weighted by molar-refractivity contribution is -0.385. The van der Waals surface area contributed by atoms with E-state index in [2.05, 4.69) is 20.9 Å². The second-order valence-electron chi connectivity index (χ2n) is 4.32. The number of aromatic nitrogens is 2. The smallest absolute Gasteiger partial charge is 0.299 e. The van der Waals surface area contributed by atoms with Crippen LogP contribution in [-0.4, -0.2) is 21.6 Å². The summed E-state index contributed by atoms with van der Waals surface area (Å²) in [7, 11) is 1.42. The van der Waals surface area contributed by atoms with Crippen LogP contribution < -0.4 is 10.3 Å². The largest absolute Gasteiger partial charge is 0.468 e. The first-order valence-corrected chi connectivity index (χ1v) is 6.77. The fourth-order valence-electron chi connectivity index (χ4n) is 1.90. The monoisotopic (exact) mass is 353 g/mol. The maximum absolute atomic E-state index is 12.0. The zero-order valence-electron chi connectivity index (χ0n) is 11.4. The van der Waals surface area contributed by atoms with Gasteiger partial charge >= 0.3 is 0 Å². The highest BCUT2D eigenvalue weighted by atomic mass is 79.9. The number of hydrogen-bond acceptors (Lipinski definition) is 5. The summed E-state index contributed by atoms with van der Waals surface area (Å²) >= 11 is 3.21. The molecule has 1 heterocycles. The number of ether oxygens (including phenoxy) is 1. The zero-order chi connectivity index (χ0) is 15.6. The van der Waals surface area contributed by atoms with Crippen LogP contribution in [0.2, 0.25) is 0 Å². The Bertz CT molecular complexity index is 758. The maximum atomic E-state index is 12.0. The normalized spacial score (nSPS) is 10.4. The molecule has 8 heteroatoms. The standard InChI is InChI=1S/C13H12BrN3O4/c1-8-6-11(18)16(13(15-8)21-2)7-9-4-3-5-10(12(9)14)17(19)20/h3-6H,7H2,1-2H3. The van der Waals surface area contributed by atoms with E-state index in [9.17, 15) is 14.9 Å². The molecule has 0 unspecified atom stereocenters. The minimum atomic E-state index is -0.485. The van der Waals surface area contributed by atoms with Gasteiger partial charge < -0.3 is 4.74 Å². The molecular formula is C13H12BrN3O4. The van der Waals surface area contributed by atoms with Gasteiger partial charge in [0.25, 0.3) is 17.3 Å². The van der Waals surface area contributed by atoms with Crippen molar-refractivity contribution in [1.29, 1.82) is 0 Å². The number of benzene rings is 1. The molecule has 0 spiro atoms. The van der Waals surface area contributed by atoms with Gasteiger partial charge in [0.05, 0.1) is 18.6 Å². The topological polar surface area (TPSA) is 87.3 Å². The highest BCUT2D eigenvalue weighted by Gasteiger charge is 2.17. The molecule has 0 aliphatic carbocycles. The van der Waals surface area contributed by atoms with Gasteiger partial charge in [0.15, 0.2) is 0 Å². The summed E-state index contributed by atoms with van der Waals surface area (Å²) in [5, 5.41) is 10.9. The molecule has 110 valence electrons. The van der Waals surface area contributed by atoms with E-state index in [1.807, 2.05) is 0 Å². The van der Waals surface area contributed by atoms with Crippen molar-refractivity contribution >= 4 is 21.6 Å². The van der Waals surface area contributed by atoms with E-state index in [1.54, 1.807) is 19.1 Å². The maximum Gasteiger partial charge on any atom is 0.299 e. The third-order valence-corrected chi connectivity index (χ3v) is 3.78. The molecule has 0 fully saturated rings. The van der Waals surface area contributed by atoms with Gasteiger partial charge in [0, 0.05) is 17.8 Å². The van der Waals surface area contributed by atoms with Crippen molar-refractivity contribution in [3.05, 3.63) is 60.5 Å². The number of nitro groups is 1. The van der Waals surface area contributed by atoms with Crippen LogP contribution in [0, 0.1) is 17.0 Å². The van der Waals surface area contributed by atoms with E-state index >= 15 is 0 Å². The summed E-state index contributed by atoms with van der Waals surface area (Å²) < 4.78 is 6.75. The molecule has 0 atom stereocenters. The van der Waals surface area contributed by atoms with Crippen LogP contribution in [0.4, 0.5) is 5.69 Å². The Labute approximate surface area is 128 Å². The summed E-state index contributed by atoms with van der Waals surface area (Å²) in [6, 6.07) is 6.20. The van der Waals surface area contributed by atoms with Gasteiger partial charge in [0.2, 0.25) is 0 Å². The fourth-order valence-corrected chi connectivity index (χ4v) is 2.43. The van der Waals surface area contributed by atoms with Crippen molar-refractivity contribution in [2.45, 2.75) is 13.5 Å². The first-order valence-electron chi connectivity index (χ1n) is 5.98. The molecule has 2 aromatic rings. The van der Waals surface area contributed by atoms with Gasteiger partial charge in [-0.2, -0.15) is 0 Å². The van der Waals surface area contributed by atoms with Crippen molar-refractivity contribution in [1.82, 2.24) is 9.55 Å². The zero-order valence-corrected chi connectivity index (χ0v) is 13.0. The molecule has 0 saturated heterocycles. The third kappa shape index (κ3) is 3.10. The second-order valence-corrected chi connectivity index (χ2v) is 5.11. The van der Waals surface area contributed by atoms with Crippen LogP contribution in [0.15, 0.2) is 33.5 Å². The summed E-state index contributed by atoms with van der Waals surface area (Å²) in [6.07, 6.45) is 0. The molecule has 0 bridgehead atoms. The van der Waals surface area contributed by atoms with Crippen LogP contribution >= 0.6 is 15.9 Å². The van der Waals surface area contributed by atoms with Crippen molar-refractivity contribution in [3.63, 3.8) is 0 Å². The van der Waals surface area contributed by atoms with Crippen molar-refractivity contribution in [2.24, 2.45) is 0 Å². The van der Waals surface area contributed by atoms with Gasteiger partial charge in [-0.3, -0.25) is 19.5 Å². The summed E-state index contributed by atoms with van der Waals surface area (Å²) in [6.45, 7) is 1.81. The van der Waals surface area contributed by atoms with Gasteiger partial charge in [-0.05, 0) is 28.4 Å². The van der Waals surface area contributed by atoms with E-state index in [0.717, 1.165) is 0 Å². The van der Waals surface area contributed by atoms with E-state index in [-0.39, 0.29) is 23.8 Å². The van der Waals surface area contributed by atoms with E-state index < -0.39 is 4.92 Å². The lowest BCUT2D eigenvalue weighted by Crippen LogP contribution is -2.23. The Hall–Kier alpha value is -2.22. The summed E-state index contributed by atoms with van der Waals surface area (Å²) in [5.41, 5.74) is 0.804. The summed E-state index contributed by atoms with van der Waals surface area (Å²) in [4.78, 5) is 26.6. The molecular weight excluding hydrogens is 342 g/mol. The second kappa shape index (κ2) is 6.04. The molecule has 0 aliphatic rings. The first kappa shape index (κ1) is 15.2. The molecule has 0 radical (unpaired) electrons. The quantitative estimate of drug-likeness (QED) is 0.621. The number of nitrogens with zero attached hydrogens (tertiary/aromatic N) is 3. The Morgan fingerprint density at radius 3 is 2.81 bits per heavy atom. The Balaban J connectivity index is 2.51. The summed E-state index contributed by atoms with van der Waals surface area (Å²) in [5.74, 6) is 0. The Kier molecular flexibility index (Phi) is 4.37. The predicted molar refractivity (Wildman–Crippen MR) is 79.7 cm³/mol. The number of nitro benzene ring substituents is 1. The highest BCUT2D eigenvalue weighted by Crippen LogP contribution is 2.29. The first-order chi connectivity index (χ1) is 9.93. The van der Waals surface area contributed by atoms with Gasteiger partial charge in [-0.25, -0.2) is 4.98 Å². The Morgan fingerprint density at radius 2 is 2.19 bits per heavy atom. The molecule has 0 N–H and O–H groups in total. The lowest BCUT2D eigenvalue weighted by atomic mass is 10.2. The van der Waals surface area contributed by atoms with Crippen LogP contribution in [0.25, 0.3) is 0 Å². The molecule has 0 aliphatic heterocycles. The van der Waals surface area contributed by atoms with Gasteiger partial charge in [-0.15, -0.1) is 0 Å². The van der Waals surface area contributed by atoms with Crippen molar-refractivity contribution in [3.8, 4) is 6.01 Å². The van der Waals surface area contributed by atoms with Crippen LogP contribution in [0.3, 0.4) is 0 Å². The SMILES string of the molecule is COc1nc(C)cc(=O)n1Cc1cccc([N+](=O)[O-])c1Br. The molecule has 1 aromatic carbocycles. The predicted octanol–water partition coefficient (Wildman–Crippen LogP) is 2.28. The average Bonchev–Trinajstić information content (AvgIpc) is 2.42. The molecule has 0 saturated carbocycles. The van der Waals surface area contributed by atoms with Crippen LogP contribution in [0.1, 0.15) is 11.3 Å². The van der Waals surface area contributed by atoms with Crippen molar-refractivity contribution in [2.75, 3.05) is 7.11 Å². The third-order valence-electron chi connectivity index (χ3n) is 2.87. The fraction of sp³-hybridized carbons (Fsp3) is 0.231. The molecule has 2 rings (SSSR count). The average molecular weight is 354 g/mol. The van der Waals surface area contributed by atoms with E-state index in [1.165, 1.54) is 23.8 Å².